The van der Waals surface area contributed by atoms with Crippen LogP contribution < -0.4 is 0 Å². The molecule has 0 aliphatic carbocycles. The second kappa shape index (κ2) is 9.45. The fraction of sp³-hybridized carbons (Fsp3) is 0.148. The van der Waals surface area contributed by atoms with Gasteiger partial charge in [0.1, 0.15) is 0 Å². The molecule has 1 heterocycles. The molecular formula is C27H22BrNO3. The van der Waals surface area contributed by atoms with E-state index in [2.05, 4.69) is 15.9 Å². The molecule has 1 aromatic heterocycles. The number of ketones is 1. The van der Waals surface area contributed by atoms with Gasteiger partial charge in [0.05, 0.1) is 16.8 Å². The summed E-state index contributed by atoms with van der Waals surface area (Å²) in [6.45, 7) is 3.80. The Morgan fingerprint density at radius 2 is 1.69 bits per heavy atom. The summed E-state index contributed by atoms with van der Waals surface area (Å²) in [5, 5.41) is 0.706. The Hall–Kier alpha value is -3.31. The predicted octanol–water partition coefficient (Wildman–Crippen LogP) is 6.79. The number of fused-ring (bicyclic) bond motifs is 1. The second-order valence-electron chi connectivity index (χ2n) is 7.57. The van der Waals surface area contributed by atoms with Crippen molar-refractivity contribution in [1.82, 2.24) is 4.98 Å². The van der Waals surface area contributed by atoms with Crippen LogP contribution in [0.2, 0.25) is 0 Å². The quantitative estimate of drug-likeness (QED) is 0.222. The number of carbonyl (C=O) groups is 2. The lowest BCUT2D eigenvalue weighted by Gasteiger charge is -2.17. The van der Waals surface area contributed by atoms with Crippen molar-refractivity contribution >= 4 is 38.6 Å². The fourth-order valence-electron chi connectivity index (χ4n) is 3.63. The number of carbonyl (C=O) groups excluding carboxylic acids is 2. The van der Waals surface area contributed by atoms with Gasteiger partial charge in [-0.3, -0.25) is 4.79 Å². The van der Waals surface area contributed by atoms with Crippen LogP contribution >= 0.6 is 15.9 Å². The normalized spacial score (nSPS) is 11.8. The summed E-state index contributed by atoms with van der Waals surface area (Å²) >= 11 is 3.45. The molecule has 32 heavy (non-hydrogen) atoms. The van der Waals surface area contributed by atoms with Gasteiger partial charge < -0.3 is 4.74 Å². The molecule has 0 bridgehead atoms. The van der Waals surface area contributed by atoms with Crippen molar-refractivity contribution in [2.24, 2.45) is 0 Å². The van der Waals surface area contributed by atoms with Crippen molar-refractivity contribution < 1.29 is 14.3 Å². The molecule has 0 aliphatic heterocycles. The Morgan fingerprint density at radius 1 is 0.969 bits per heavy atom. The van der Waals surface area contributed by atoms with E-state index < -0.39 is 12.1 Å². The van der Waals surface area contributed by atoms with Crippen molar-refractivity contribution in [2.45, 2.75) is 26.4 Å². The third-order valence-electron chi connectivity index (χ3n) is 5.37. The number of para-hydroxylation sites is 1. The Kier molecular flexibility index (Phi) is 6.47. The van der Waals surface area contributed by atoms with E-state index in [4.69, 9.17) is 9.72 Å². The summed E-state index contributed by atoms with van der Waals surface area (Å²) in [4.78, 5) is 31.0. The van der Waals surface area contributed by atoms with Crippen LogP contribution in [0.25, 0.3) is 22.2 Å². The molecule has 0 saturated carbocycles. The number of aromatic nitrogens is 1. The van der Waals surface area contributed by atoms with E-state index in [1.807, 2.05) is 62.4 Å². The monoisotopic (exact) mass is 487 g/mol. The van der Waals surface area contributed by atoms with Gasteiger partial charge in [0.2, 0.25) is 5.78 Å². The van der Waals surface area contributed by atoms with Gasteiger partial charge in [0.15, 0.2) is 6.10 Å². The van der Waals surface area contributed by atoms with Crippen LogP contribution in [0.1, 0.15) is 39.6 Å². The van der Waals surface area contributed by atoms with E-state index in [9.17, 15) is 9.59 Å². The lowest BCUT2D eigenvalue weighted by molar-refractivity contribution is 0.0279. The van der Waals surface area contributed by atoms with E-state index in [0.29, 0.717) is 28.6 Å². The van der Waals surface area contributed by atoms with Crippen molar-refractivity contribution in [3.8, 4) is 11.3 Å². The molecule has 5 heteroatoms. The van der Waals surface area contributed by atoms with Crippen molar-refractivity contribution in [1.29, 1.82) is 0 Å². The SMILES string of the molecule is CC[C@H](OC(=O)c1cc(-c2ccc(Br)cc2)nc2c(C)cccc12)C(=O)c1ccccc1. The summed E-state index contributed by atoms with van der Waals surface area (Å²) in [5.41, 5.74) is 4.19. The molecule has 0 aliphatic rings. The van der Waals surface area contributed by atoms with Crippen LogP contribution in [0.3, 0.4) is 0 Å². The van der Waals surface area contributed by atoms with Gasteiger partial charge in [0.25, 0.3) is 0 Å². The van der Waals surface area contributed by atoms with Gasteiger partial charge in [-0.2, -0.15) is 0 Å². The van der Waals surface area contributed by atoms with E-state index >= 15 is 0 Å². The number of nitrogens with zero attached hydrogens (tertiary/aromatic N) is 1. The number of halogens is 1. The average molecular weight is 488 g/mol. The number of ether oxygens (including phenoxy) is 1. The lowest BCUT2D eigenvalue weighted by Crippen LogP contribution is -2.27. The standard InChI is InChI=1S/C27H22BrNO3/c1-3-24(26(30)19-9-5-4-6-10-19)32-27(31)22-16-23(18-12-14-20(28)15-13-18)29-25-17(2)8-7-11-21(22)25/h4-16,24H,3H2,1-2H3/t24-/m0/s1. The number of benzene rings is 3. The van der Waals surface area contributed by atoms with Gasteiger partial charge in [-0.25, -0.2) is 9.78 Å². The Bertz CT molecular complexity index is 1280. The maximum Gasteiger partial charge on any atom is 0.339 e. The van der Waals surface area contributed by atoms with Crippen LogP contribution in [0.15, 0.2) is 83.3 Å². The number of pyridine rings is 1. The van der Waals surface area contributed by atoms with Gasteiger partial charge >= 0.3 is 5.97 Å². The molecule has 160 valence electrons. The molecule has 0 N–H and O–H groups in total. The highest BCUT2D eigenvalue weighted by Crippen LogP contribution is 2.28. The first kappa shape index (κ1) is 21.9. The van der Waals surface area contributed by atoms with Crippen LogP contribution in [0, 0.1) is 6.92 Å². The molecule has 3 aromatic carbocycles. The largest absolute Gasteiger partial charge is 0.450 e. The number of hydrogen-bond acceptors (Lipinski definition) is 4. The van der Waals surface area contributed by atoms with E-state index in [1.54, 1.807) is 30.3 Å². The molecule has 0 saturated heterocycles. The van der Waals surface area contributed by atoms with Crippen molar-refractivity contribution in [2.75, 3.05) is 0 Å². The van der Waals surface area contributed by atoms with E-state index in [-0.39, 0.29) is 5.78 Å². The molecule has 0 unspecified atom stereocenters. The zero-order chi connectivity index (χ0) is 22.7. The van der Waals surface area contributed by atoms with Gasteiger partial charge in [-0.15, -0.1) is 0 Å². The third-order valence-corrected chi connectivity index (χ3v) is 5.90. The highest BCUT2D eigenvalue weighted by molar-refractivity contribution is 9.10. The number of esters is 1. The summed E-state index contributed by atoms with van der Waals surface area (Å²) in [5.74, 6) is -0.735. The molecule has 4 rings (SSSR count). The molecular weight excluding hydrogens is 466 g/mol. The summed E-state index contributed by atoms with van der Waals surface area (Å²) in [6.07, 6.45) is -0.463. The van der Waals surface area contributed by atoms with Crippen molar-refractivity contribution in [3.63, 3.8) is 0 Å². The topological polar surface area (TPSA) is 56.3 Å². The summed E-state index contributed by atoms with van der Waals surface area (Å²) in [7, 11) is 0. The van der Waals surface area contributed by atoms with Gasteiger partial charge in [0, 0.05) is 21.0 Å². The third kappa shape index (κ3) is 4.48. The Labute approximate surface area is 195 Å². The minimum atomic E-state index is -0.853. The zero-order valence-corrected chi connectivity index (χ0v) is 19.4. The molecule has 0 amide bonds. The first-order valence-electron chi connectivity index (χ1n) is 10.4. The Balaban J connectivity index is 1.75. The smallest absolute Gasteiger partial charge is 0.339 e. The summed E-state index contributed by atoms with van der Waals surface area (Å²) in [6, 6.07) is 24.1. The first-order valence-corrected chi connectivity index (χ1v) is 11.2. The molecule has 1 atom stereocenters. The summed E-state index contributed by atoms with van der Waals surface area (Å²) < 4.78 is 6.70. The average Bonchev–Trinajstić information content (AvgIpc) is 2.82. The molecule has 0 radical (unpaired) electrons. The highest BCUT2D eigenvalue weighted by atomic mass is 79.9. The lowest BCUT2D eigenvalue weighted by atomic mass is 10.0. The minimum Gasteiger partial charge on any atom is -0.450 e. The molecule has 4 aromatic rings. The van der Waals surface area contributed by atoms with E-state index in [1.165, 1.54) is 0 Å². The fourth-order valence-corrected chi connectivity index (χ4v) is 3.90. The van der Waals surface area contributed by atoms with Crippen molar-refractivity contribution in [3.05, 3.63) is 100 Å². The first-order chi connectivity index (χ1) is 15.5. The maximum atomic E-state index is 13.3. The zero-order valence-electron chi connectivity index (χ0n) is 17.8. The number of Topliss-reactive ketones (excluding diaryl/α,β-unsaturated/α-hetero) is 1. The van der Waals surface area contributed by atoms with Gasteiger partial charge in [-0.1, -0.05) is 83.5 Å². The van der Waals surface area contributed by atoms with Crippen LogP contribution in [0.4, 0.5) is 0 Å². The molecule has 0 fully saturated rings. The van der Waals surface area contributed by atoms with Crippen LogP contribution in [0.5, 0.6) is 0 Å². The highest BCUT2D eigenvalue weighted by Gasteiger charge is 2.25. The number of aryl methyl sites for hydroxylation is 1. The maximum absolute atomic E-state index is 13.3. The predicted molar refractivity (Wildman–Crippen MR) is 130 cm³/mol. The minimum absolute atomic E-state index is 0.205. The molecule has 0 spiro atoms. The van der Waals surface area contributed by atoms with Gasteiger partial charge in [-0.05, 0) is 37.1 Å². The molecule has 4 nitrogen and oxygen atoms in total. The van der Waals surface area contributed by atoms with E-state index in [0.717, 1.165) is 21.1 Å². The number of hydrogen-bond donors (Lipinski definition) is 0. The number of rotatable bonds is 6. The van der Waals surface area contributed by atoms with Crippen LogP contribution in [-0.2, 0) is 4.74 Å². The second-order valence-corrected chi connectivity index (χ2v) is 8.48. The van der Waals surface area contributed by atoms with Crippen LogP contribution in [-0.4, -0.2) is 22.8 Å². The Morgan fingerprint density at radius 3 is 2.38 bits per heavy atom.